The van der Waals surface area contributed by atoms with Crippen molar-refractivity contribution in [2.45, 2.75) is 41.0 Å². The van der Waals surface area contributed by atoms with Crippen LogP contribution in [0.4, 0.5) is 13.2 Å². The molecule has 11 heteroatoms. The molecule has 3 aromatic carbocycles. The second kappa shape index (κ2) is 11.4. The van der Waals surface area contributed by atoms with Gasteiger partial charge in [0.15, 0.2) is 0 Å². The largest absolute Gasteiger partial charge is 0.524 e. The van der Waals surface area contributed by atoms with Crippen LogP contribution in [0.15, 0.2) is 87.5 Å². The Morgan fingerprint density at radius 1 is 0.583 bits per heavy atom. The number of alkyl halides is 3. The van der Waals surface area contributed by atoms with Crippen LogP contribution in [-0.2, 0) is 13.7 Å². The molecule has 0 aliphatic rings. The van der Waals surface area contributed by atoms with Crippen LogP contribution in [0.25, 0.3) is 0 Å². The molecule has 196 valence electrons. The normalized spacial score (nSPS) is 12.7. The van der Waals surface area contributed by atoms with E-state index in [-0.39, 0.29) is 14.7 Å². The molecule has 0 aliphatic carbocycles. The highest BCUT2D eigenvalue weighted by molar-refractivity contribution is 8.33. The Kier molecular flexibility index (Phi) is 8.80. The minimum atomic E-state index is -6.02. The molecule has 0 N–H and O–H groups in total. The van der Waals surface area contributed by atoms with Gasteiger partial charge in [-0.3, -0.25) is 0 Å². The zero-order chi connectivity index (χ0) is 26.4. The van der Waals surface area contributed by atoms with Crippen LogP contribution >= 0.6 is 10.3 Å². The molecule has 0 atom stereocenters. The predicted molar refractivity (Wildman–Crippen MR) is 131 cm³/mol. The second-order valence-electron chi connectivity index (χ2n) is 7.24. The summed E-state index contributed by atoms with van der Waals surface area (Å²) < 4.78 is 87.6. The van der Waals surface area contributed by atoms with Gasteiger partial charge < -0.3 is 14.2 Å². The zero-order valence-corrected chi connectivity index (χ0v) is 21.6. The molecule has 0 radical (unpaired) electrons. The van der Waals surface area contributed by atoms with Crippen LogP contribution in [0.3, 0.4) is 0 Å². The Bertz CT molecular complexity index is 1110. The van der Waals surface area contributed by atoms with Crippen molar-refractivity contribution < 1.29 is 39.4 Å². The van der Waals surface area contributed by atoms with Crippen LogP contribution in [0.5, 0.6) is 17.2 Å². The van der Waals surface area contributed by atoms with E-state index in [4.69, 9.17) is 17.8 Å². The van der Waals surface area contributed by atoms with Gasteiger partial charge in [0.25, 0.3) is 0 Å². The first kappa shape index (κ1) is 27.7. The van der Waals surface area contributed by atoms with E-state index in [2.05, 4.69) is 0 Å². The Morgan fingerprint density at radius 3 is 1.08 bits per heavy atom. The van der Waals surface area contributed by atoms with Gasteiger partial charge in [0.1, 0.15) is 17.2 Å². The lowest BCUT2D eigenvalue weighted by Gasteiger charge is -2.39. The van der Waals surface area contributed by atoms with Gasteiger partial charge in [0.05, 0.1) is 19.8 Å². The lowest BCUT2D eigenvalue weighted by Crippen LogP contribution is -2.27. The van der Waals surface area contributed by atoms with Gasteiger partial charge in [-0.2, -0.15) is 25.2 Å². The van der Waals surface area contributed by atoms with Crippen molar-refractivity contribution in [1.82, 2.24) is 0 Å². The van der Waals surface area contributed by atoms with E-state index in [1.807, 2.05) is 0 Å². The van der Waals surface area contributed by atoms with E-state index in [1.54, 1.807) is 57.2 Å². The Balaban J connectivity index is 2.32. The molecule has 3 aromatic rings. The molecule has 36 heavy (non-hydrogen) atoms. The summed E-state index contributed by atoms with van der Waals surface area (Å²) in [5.74, 6) is 1.44. The molecular weight excluding hydrogens is 517 g/mol. The summed E-state index contributed by atoms with van der Waals surface area (Å²) in [6, 6.07) is 18.5. The molecule has 0 amide bonds. The zero-order valence-electron chi connectivity index (χ0n) is 19.9. The van der Waals surface area contributed by atoms with Gasteiger partial charge in [-0.1, -0.05) is 0 Å². The summed E-state index contributed by atoms with van der Waals surface area (Å²) in [5, 5.41) is 0. The van der Waals surface area contributed by atoms with Gasteiger partial charge in [-0.25, -0.2) is 0 Å². The predicted octanol–water partition coefficient (Wildman–Crippen LogP) is 6.95. The molecule has 6 nitrogen and oxygen atoms in total. The molecular formula is C25H27F3O6S2. The first-order chi connectivity index (χ1) is 17.1. The van der Waals surface area contributed by atoms with Crippen molar-refractivity contribution >= 4 is 20.4 Å². The highest BCUT2D eigenvalue weighted by Gasteiger charge is 2.52. The third-order valence-electron chi connectivity index (χ3n) is 4.88. The number of halogens is 3. The molecule has 0 saturated heterocycles. The molecule has 0 unspecified atom stereocenters. The Labute approximate surface area is 210 Å². The molecule has 0 fully saturated rings. The second-order valence-corrected chi connectivity index (χ2v) is 11.7. The third-order valence-corrected chi connectivity index (χ3v) is 9.78. The fourth-order valence-electron chi connectivity index (χ4n) is 3.38. The first-order valence-corrected chi connectivity index (χ1v) is 14.1. The number of benzene rings is 3. The maximum atomic E-state index is 13.6. The maximum Gasteiger partial charge on any atom is 0.524 e. The van der Waals surface area contributed by atoms with E-state index < -0.39 is 25.9 Å². The SMILES string of the molecule is CCOc1ccc(S(OS(=O)(=O)C(F)(F)F)(c2ccc(OCC)cc2)c2ccc(OCC)cc2)cc1. The Hall–Kier alpha value is -2.89. The van der Waals surface area contributed by atoms with Crippen LogP contribution in [0, 0.1) is 0 Å². The van der Waals surface area contributed by atoms with Gasteiger partial charge in [-0.05, 0) is 104 Å². The highest BCUT2D eigenvalue weighted by Crippen LogP contribution is 2.71. The van der Waals surface area contributed by atoms with E-state index in [0.29, 0.717) is 37.1 Å². The summed E-state index contributed by atoms with van der Waals surface area (Å²) in [7, 11) is -9.46. The van der Waals surface area contributed by atoms with Crippen LogP contribution in [0.1, 0.15) is 20.8 Å². The summed E-state index contributed by atoms with van der Waals surface area (Å²) in [5.41, 5.74) is -5.63. The van der Waals surface area contributed by atoms with Crippen molar-refractivity contribution in [1.29, 1.82) is 0 Å². The molecule has 0 bridgehead atoms. The van der Waals surface area contributed by atoms with Crippen molar-refractivity contribution in [2.75, 3.05) is 19.8 Å². The van der Waals surface area contributed by atoms with Crippen molar-refractivity contribution in [2.24, 2.45) is 0 Å². The number of hydrogen-bond donors (Lipinski definition) is 0. The quantitative estimate of drug-likeness (QED) is 0.244. The van der Waals surface area contributed by atoms with Crippen molar-refractivity contribution in [3.8, 4) is 17.2 Å². The molecule has 0 saturated carbocycles. The molecule has 0 aromatic heterocycles. The van der Waals surface area contributed by atoms with Gasteiger partial charge in [0, 0.05) is 14.7 Å². The lowest BCUT2D eigenvalue weighted by atomic mass is 10.3. The summed E-state index contributed by atoms with van der Waals surface area (Å²) in [6.07, 6.45) is 0. The third kappa shape index (κ3) is 5.91. The fourth-order valence-corrected chi connectivity index (χ4v) is 8.08. The molecule has 0 heterocycles. The van der Waals surface area contributed by atoms with Gasteiger partial charge >= 0.3 is 15.6 Å². The number of ether oxygens (including phenoxy) is 3. The first-order valence-electron chi connectivity index (χ1n) is 11.1. The van der Waals surface area contributed by atoms with Crippen molar-refractivity contribution in [3.05, 3.63) is 72.8 Å². The minimum absolute atomic E-state index is 0.229. The highest BCUT2D eigenvalue weighted by atomic mass is 32.3. The van der Waals surface area contributed by atoms with E-state index in [9.17, 15) is 21.6 Å². The summed E-state index contributed by atoms with van der Waals surface area (Å²) in [6.45, 7) is 6.53. The smallest absolute Gasteiger partial charge is 0.494 e. The maximum absolute atomic E-state index is 13.6. The topological polar surface area (TPSA) is 71.1 Å². The minimum Gasteiger partial charge on any atom is -0.494 e. The van der Waals surface area contributed by atoms with Crippen molar-refractivity contribution in [3.63, 3.8) is 0 Å². The Morgan fingerprint density at radius 2 is 0.861 bits per heavy atom. The van der Waals surface area contributed by atoms with Crippen LogP contribution < -0.4 is 14.2 Å². The molecule has 0 aliphatic heterocycles. The molecule has 3 rings (SSSR count). The average Bonchev–Trinajstić information content (AvgIpc) is 2.84. The fraction of sp³-hybridized carbons (Fsp3) is 0.280. The molecule has 0 spiro atoms. The summed E-state index contributed by atoms with van der Waals surface area (Å²) in [4.78, 5) is 0.686. The average molecular weight is 545 g/mol. The van der Waals surface area contributed by atoms with Gasteiger partial charge in [0.2, 0.25) is 0 Å². The number of hydrogen-bond acceptors (Lipinski definition) is 6. The van der Waals surface area contributed by atoms with E-state index in [1.165, 1.54) is 36.4 Å². The standard InChI is InChI=1S/C25H27F3O6S2/c1-4-31-19-7-13-22(14-8-19)35(34-36(29,30)25(26,27)28,23-15-9-20(10-16-23)32-5-2)24-17-11-21(12-18-24)33-6-3/h7-18H,4-6H2,1-3H3. The summed E-state index contributed by atoms with van der Waals surface area (Å²) >= 11 is 0. The monoisotopic (exact) mass is 544 g/mol. The van der Waals surface area contributed by atoms with Gasteiger partial charge in [-0.15, -0.1) is 0 Å². The number of rotatable bonds is 11. The van der Waals surface area contributed by atoms with E-state index >= 15 is 0 Å². The van der Waals surface area contributed by atoms with E-state index in [0.717, 1.165) is 0 Å². The van der Waals surface area contributed by atoms with Crippen LogP contribution in [0.2, 0.25) is 0 Å². The lowest BCUT2D eigenvalue weighted by molar-refractivity contribution is -0.0496. The van der Waals surface area contributed by atoms with Crippen LogP contribution in [-0.4, -0.2) is 33.7 Å².